The Morgan fingerprint density at radius 1 is 1.32 bits per heavy atom. The van der Waals surface area contributed by atoms with Crippen LogP contribution in [0.15, 0.2) is 24.3 Å². The van der Waals surface area contributed by atoms with E-state index in [0.29, 0.717) is 5.69 Å². The van der Waals surface area contributed by atoms with Crippen molar-refractivity contribution in [1.29, 1.82) is 0 Å². The van der Waals surface area contributed by atoms with Gasteiger partial charge in [0.15, 0.2) is 5.82 Å². The number of hydrogen-bond acceptors (Lipinski definition) is 3. The topological polar surface area (TPSA) is 54.9 Å². The molecule has 0 atom stereocenters. The number of nitrogens with zero attached hydrogens (tertiary/aromatic N) is 2. The third-order valence-electron chi connectivity index (χ3n) is 2.26. The predicted molar refractivity (Wildman–Crippen MR) is 71.1 cm³/mol. The molecule has 0 aliphatic carbocycles. The van der Waals surface area contributed by atoms with Crippen LogP contribution in [0.25, 0.3) is 0 Å². The SMILES string of the molecule is Cc1cc(C(=O)Nc2cccc(Cl)c2F)nc(Cl)n1. The van der Waals surface area contributed by atoms with E-state index >= 15 is 0 Å². The minimum atomic E-state index is -0.700. The first-order chi connectivity index (χ1) is 8.97. The number of halogens is 3. The standard InChI is InChI=1S/C12H8Cl2FN3O/c1-6-5-9(18-12(14)16-6)11(19)17-8-4-2-3-7(13)10(8)15/h2-5H,1H3,(H,17,19). The smallest absolute Gasteiger partial charge is 0.274 e. The molecule has 1 heterocycles. The Balaban J connectivity index is 2.28. The monoisotopic (exact) mass is 299 g/mol. The summed E-state index contributed by atoms with van der Waals surface area (Å²) < 4.78 is 13.6. The van der Waals surface area contributed by atoms with Gasteiger partial charge in [-0.15, -0.1) is 0 Å². The molecular weight excluding hydrogens is 292 g/mol. The second kappa shape index (κ2) is 5.50. The molecule has 4 nitrogen and oxygen atoms in total. The summed E-state index contributed by atoms with van der Waals surface area (Å²) in [5, 5.41) is 2.26. The van der Waals surface area contributed by atoms with Crippen molar-refractivity contribution in [2.24, 2.45) is 0 Å². The van der Waals surface area contributed by atoms with Crippen LogP contribution in [-0.4, -0.2) is 15.9 Å². The number of amides is 1. The Morgan fingerprint density at radius 3 is 2.74 bits per heavy atom. The fourth-order valence-electron chi connectivity index (χ4n) is 1.44. The van der Waals surface area contributed by atoms with E-state index in [1.807, 2.05) is 0 Å². The number of carbonyl (C=O) groups is 1. The molecule has 0 aliphatic rings. The molecule has 0 radical (unpaired) electrons. The van der Waals surface area contributed by atoms with Crippen LogP contribution in [0, 0.1) is 12.7 Å². The summed E-state index contributed by atoms with van der Waals surface area (Å²) in [6.45, 7) is 1.67. The maximum atomic E-state index is 13.6. The predicted octanol–water partition coefficient (Wildman–Crippen LogP) is 3.48. The molecule has 19 heavy (non-hydrogen) atoms. The van der Waals surface area contributed by atoms with Gasteiger partial charge in [-0.2, -0.15) is 0 Å². The summed E-state index contributed by atoms with van der Waals surface area (Å²) in [5.74, 6) is -1.29. The van der Waals surface area contributed by atoms with Crippen molar-refractivity contribution in [3.05, 3.63) is 51.8 Å². The zero-order valence-corrected chi connectivity index (χ0v) is 11.3. The summed E-state index contributed by atoms with van der Waals surface area (Å²) >= 11 is 11.3. The van der Waals surface area contributed by atoms with Gasteiger partial charge in [0.1, 0.15) is 5.69 Å². The molecule has 1 aromatic carbocycles. The van der Waals surface area contributed by atoms with Crippen LogP contribution in [-0.2, 0) is 0 Å². The van der Waals surface area contributed by atoms with E-state index in [2.05, 4.69) is 15.3 Å². The minimum absolute atomic E-state index is 0.0233. The van der Waals surface area contributed by atoms with Gasteiger partial charge in [0.2, 0.25) is 5.28 Å². The molecule has 2 aromatic rings. The number of aryl methyl sites for hydroxylation is 1. The van der Waals surface area contributed by atoms with Crippen molar-refractivity contribution in [2.45, 2.75) is 6.92 Å². The number of benzene rings is 1. The summed E-state index contributed by atoms with van der Waals surface area (Å²) in [7, 11) is 0. The average molecular weight is 300 g/mol. The first-order valence-corrected chi connectivity index (χ1v) is 5.99. The lowest BCUT2D eigenvalue weighted by Crippen LogP contribution is -2.15. The van der Waals surface area contributed by atoms with E-state index in [-0.39, 0.29) is 21.7 Å². The molecule has 0 saturated carbocycles. The molecule has 0 bridgehead atoms. The maximum absolute atomic E-state index is 13.6. The van der Waals surface area contributed by atoms with E-state index in [9.17, 15) is 9.18 Å². The number of hydrogen-bond donors (Lipinski definition) is 1. The number of carbonyl (C=O) groups excluding carboxylic acids is 1. The third-order valence-corrected chi connectivity index (χ3v) is 2.72. The van der Waals surface area contributed by atoms with Crippen LogP contribution in [0.3, 0.4) is 0 Å². The fourth-order valence-corrected chi connectivity index (χ4v) is 1.83. The highest BCUT2D eigenvalue weighted by Crippen LogP contribution is 2.22. The largest absolute Gasteiger partial charge is 0.318 e. The Bertz CT molecular complexity index is 629. The zero-order valence-electron chi connectivity index (χ0n) is 9.75. The molecule has 1 amide bonds. The lowest BCUT2D eigenvalue weighted by molar-refractivity contribution is 0.102. The number of anilines is 1. The van der Waals surface area contributed by atoms with E-state index < -0.39 is 11.7 Å². The van der Waals surface area contributed by atoms with Crippen molar-refractivity contribution in [3.8, 4) is 0 Å². The van der Waals surface area contributed by atoms with Gasteiger partial charge >= 0.3 is 0 Å². The van der Waals surface area contributed by atoms with Gasteiger partial charge in [-0.3, -0.25) is 4.79 Å². The molecule has 1 N–H and O–H groups in total. The molecule has 2 rings (SSSR count). The lowest BCUT2D eigenvalue weighted by Gasteiger charge is -2.07. The van der Waals surface area contributed by atoms with Crippen molar-refractivity contribution in [2.75, 3.05) is 5.32 Å². The molecule has 0 fully saturated rings. The molecular formula is C12H8Cl2FN3O. The highest BCUT2D eigenvalue weighted by Gasteiger charge is 2.13. The first-order valence-electron chi connectivity index (χ1n) is 5.24. The first kappa shape index (κ1) is 13.7. The highest BCUT2D eigenvalue weighted by molar-refractivity contribution is 6.31. The van der Waals surface area contributed by atoms with Gasteiger partial charge in [-0.05, 0) is 36.7 Å². The van der Waals surface area contributed by atoms with Crippen LogP contribution in [0.1, 0.15) is 16.2 Å². The molecule has 0 unspecified atom stereocenters. The quantitative estimate of drug-likeness (QED) is 0.864. The number of rotatable bonds is 2. The summed E-state index contributed by atoms with van der Waals surface area (Å²) in [4.78, 5) is 19.5. The Labute approximate surface area is 118 Å². The molecule has 0 saturated heterocycles. The van der Waals surface area contributed by atoms with Crippen molar-refractivity contribution in [3.63, 3.8) is 0 Å². The molecule has 1 aromatic heterocycles. The van der Waals surface area contributed by atoms with Crippen molar-refractivity contribution in [1.82, 2.24) is 9.97 Å². The van der Waals surface area contributed by atoms with Gasteiger partial charge in [-0.25, -0.2) is 14.4 Å². The van der Waals surface area contributed by atoms with Gasteiger partial charge in [0.05, 0.1) is 10.7 Å². The minimum Gasteiger partial charge on any atom is -0.318 e. The zero-order chi connectivity index (χ0) is 14.0. The Morgan fingerprint density at radius 2 is 2.05 bits per heavy atom. The number of nitrogens with one attached hydrogen (secondary N) is 1. The van der Waals surface area contributed by atoms with Crippen molar-refractivity contribution >= 4 is 34.8 Å². The van der Waals surface area contributed by atoms with Gasteiger partial charge in [0, 0.05) is 5.69 Å². The van der Waals surface area contributed by atoms with E-state index in [1.165, 1.54) is 24.3 Å². The Kier molecular flexibility index (Phi) is 3.97. The highest BCUT2D eigenvalue weighted by atomic mass is 35.5. The van der Waals surface area contributed by atoms with Crippen LogP contribution in [0.2, 0.25) is 10.3 Å². The number of aromatic nitrogens is 2. The van der Waals surface area contributed by atoms with Gasteiger partial charge < -0.3 is 5.32 Å². The normalized spacial score (nSPS) is 10.3. The maximum Gasteiger partial charge on any atom is 0.274 e. The van der Waals surface area contributed by atoms with Crippen LogP contribution >= 0.6 is 23.2 Å². The van der Waals surface area contributed by atoms with Crippen LogP contribution in [0.4, 0.5) is 10.1 Å². The van der Waals surface area contributed by atoms with Crippen LogP contribution in [0.5, 0.6) is 0 Å². The summed E-state index contributed by atoms with van der Waals surface area (Å²) in [6.07, 6.45) is 0. The second-order valence-corrected chi connectivity index (χ2v) is 4.46. The van der Waals surface area contributed by atoms with Gasteiger partial charge in [0.25, 0.3) is 5.91 Å². The fraction of sp³-hybridized carbons (Fsp3) is 0.0833. The molecule has 0 aliphatic heterocycles. The van der Waals surface area contributed by atoms with Crippen molar-refractivity contribution < 1.29 is 9.18 Å². The van der Waals surface area contributed by atoms with E-state index in [0.717, 1.165) is 0 Å². The van der Waals surface area contributed by atoms with Crippen LogP contribution < -0.4 is 5.32 Å². The Hall–Kier alpha value is -1.72. The third kappa shape index (κ3) is 3.19. The van der Waals surface area contributed by atoms with E-state index in [4.69, 9.17) is 23.2 Å². The van der Waals surface area contributed by atoms with E-state index in [1.54, 1.807) is 6.92 Å². The summed E-state index contributed by atoms with van der Waals surface area (Å²) in [5.41, 5.74) is 0.568. The molecule has 0 spiro atoms. The molecule has 98 valence electrons. The lowest BCUT2D eigenvalue weighted by atomic mass is 10.2. The average Bonchev–Trinajstić information content (AvgIpc) is 2.33. The summed E-state index contributed by atoms with van der Waals surface area (Å²) in [6, 6.07) is 5.76. The molecule has 7 heteroatoms. The van der Waals surface area contributed by atoms with Gasteiger partial charge in [-0.1, -0.05) is 17.7 Å². The second-order valence-electron chi connectivity index (χ2n) is 3.72.